The summed E-state index contributed by atoms with van der Waals surface area (Å²) >= 11 is 0. The Morgan fingerprint density at radius 3 is 2.20 bits per heavy atom. The lowest BCUT2D eigenvalue weighted by Gasteiger charge is -2.32. The highest BCUT2D eigenvalue weighted by molar-refractivity contribution is 7.92. The second kappa shape index (κ2) is 14.5. The van der Waals surface area contributed by atoms with E-state index in [9.17, 15) is 18.0 Å². The summed E-state index contributed by atoms with van der Waals surface area (Å²) in [6, 6.07) is 20.7. The first-order valence-corrected chi connectivity index (χ1v) is 15.1. The van der Waals surface area contributed by atoms with Crippen LogP contribution in [0.15, 0.2) is 83.8 Å². The Morgan fingerprint density at radius 1 is 0.902 bits per heavy atom. The Balaban J connectivity index is 2.02. The SMILES string of the molecule is CCOc1ccc(N(CC(=O)N(Cc2cccc(OC)c2)[C@@H](C)C(=O)N[C@@H](C)CC)S(=O)(=O)c2ccccc2)cc1. The minimum atomic E-state index is -4.14. The van der Waals surface area contributed by atoms with E-state index in [0.29, 0.717) is 23.8 Å². The van der Waals surface area contributed by atoms with Crippen molar-refractivity contribution < 1.29 is 27.5 Å². The smallest absolute Gasteiger partial charge is 0.264 e. The van der Waals surface area contributed by atoms with Crippen molar-refractivity contribution >= 4 is 27.5 Å². The summed E-state index contributed by atoms with van der Waals surface area (Å²) in [6.07, 6.45) is 0.725. The van der Waals surface area contributed by atoms with E-state index in [-0.39, 0.29) is 23.4 Å². The molecule has 3 aromatic carbocycles. The summed E-state index contributed by atoms with van der Waals surface area (Å²) in [7, 11) is -2.59. The number of nitrogens with zero attached hydrogens (tertiary/aromatic N) is 2. The molecule has 0 aliphatic rings. The molecule has 3 rings (SSSR count). The summed E-state index contributed by atoms with van der Waals surface area (Å²) in [4.78, 5) is 28.6. The van der Waals surface area contributed by atoms with E-state index in [1.807, 2.05) is 26.8 Å². The predicted octanol–water partition coefficient (Wildman–Crippen LogP) is 4.62. The quantitative estimate of drug-likeness (QED) is 0.298. The maximum absolute atomic E-state index is 14.0. The zero-order valence-electron chi connectivity index (χ0n) is 24.2. The third-order valence-electron chi connectivity index (χ3n) is 6.70. The molecule has 41 heavy (non-hydrogen) atoms. The van der Waals surface area contributed by atoms with Crippen molar-refractivity contribution in [2.45, 2.75) is 57.6 Å². The molecular formula is C31H39N3O6S. The molecule has 0 aliphatic heterocycles. The normalized spacial score (nSPS) is 12.6. The zero-order chi connectivity index (χ0) is 30.0. The van der Waals surface area contributed by atoms with Crippen LogP contribution in [0.3, 0.4) is 0 Å². The third kappa shape index (κ3) is 8.23. The van der Waals surface area contributed by atoms with Gasteiger partial charge in [0.25, 0.3) is 10.0 Å². The van der Waals surface area contributed by atoms with E-state index in [4.69, 9.17) is 9.47 Å². The largest absolute Gasteiger partial charge is 0.497 e. The molecule has 3 aromatic rings. The summed E-state index contributed by atoms with van der Waals surface area (Å²) in [5.74, 6) is 0.325. The number of methoxy groups -OCH3 is 1. The molecule has 2 atom stereocenters. The Morgan fingerprint density at radius 2 is 1.59 bits per heavy atom. The summed E-state index contributed by atoms with van der Waals surface area (Å²) in [5, 5.41) is 2.93. The van der Waals surface area contributed by atoms with Crippen molar-refractivity contribution in [1.29, 1.82) is 0 Å². The van der Waals surface area contributed by atoms with Crippen LogP contribution in [-0.4, -0.2) is 57.5 Å². The zero-order valence-corrected chi connectivity index (χ0v) is 25.1. The van der Waals surface area contributed by atoms with Gasteiger partial charge in [-0.2, -0.15) is 0 Å². The van der Waals surface area contributed by atoms with E-state index in [0.717, 1.165) is 16.3 Å². The van der Waals surface area contributed by atoms with E-state index >= 15 is 0 Å². The summed E-state index contributed by atoms with van der Waals surface area (Å²) in [5.41, 5.74) is 1.03. The van der Waals surface area contributed by atoms with Crippen molar-refractivity contribution in [3.8, 4) is 11.5 Å². The molecule has 0 spiro atoms. The van der Waals surface area contributed by atoms with Gasteiger partial charge in [-0.15, -0.1) is 0 Å². The molecule has 0 saturated carbocycles. The first-order valence-electron chi connectivity index (χ1n) is 13.6. The average Bonchev–Trinajstić information content (AvgIpc) is 2.99. The Kier molecular flexibility index (Phi) is 11.2. The number of carbonyl (C=O) groups is 2. The van der Waals surface area contributed by atoms with Gasteiger partial charge in [0.1, 0.15) is 24.1 Å². The van der Waals surface area contributed by atoms with Crippen molar-refractivity contribution in [2.75, 3.05) is 24.6 Å². The minimum Gasteiger partial charge on any atom is -0.497 e. The first kappa shape index (κ1) is 31.5. The van der Waals surface area contributed by atoms with Crippen molar-refractivity contribution in [3.05, 3.63) is 84.4 Å². The number of ether oxygens (including phenoxy) is 2. The number of sulfonamides is 1. The van der Waals surface area contributed by atoms with Crippen LogP contribution < -0.4 is 19.1 Å². The highest BCUT2D eigenvalue weighted by atomic mass is 32.2. The molecule has 0 fully saturated rings. The maximum Gasteiger partial charge on any atom is 0.264 e. The molecule has 9 nitrogen and oxygen atoms in total. The number of rotatable bonds is 14. The molecule has 0 saturated heterocycles. The number of hydrogen-bond donors (Lipinski definition) is 1. The van der Waals surface area contributed by atoms with Gasteiger partial charge in [0.2, 0.25) is 11.8 Å². The molecule has 0 aromatic heterocycles. The van der Waals surface area contributed by atoms with Gasteiger partial charge in [0.15, 0.2) is 0 Å². The van der Waals surface area contributed by atoms with Crippen LogP contribution in [0.5, 0.6) is 11.5 Å². The molecule has 0 heterocycles. The molecule has 2 amide bonds. The van der Waals surface area contributed by atoms with E-state index in [1.54, 1.807) is 74.7 Å². The number of benzene rings is 3. The van der Waals surface area contributed by atoms with Gasteiger partial charge in [-0.05, 0) is 81.3 Å². The third-order valence-corrected chi connectivity index (χ3v) is 8.49. The van der Waals surface area contributed by atoms with Gasteiger partial charge < -0.3 is 19.7 Å². The molecule has 0 radical (unpaired) electrons. The topological polar surface area (TPSA) is 105 Å². The highest BCUT2D eigenvalue weighted by Crippen LogP contribution is 2.27. The number of amides is 2. The van der Waals surface area contributed by atoms with Crippen LogP contribution in [0.4, 0.5) is 5.69 Å². The van der Waals surface area contributed by atoms with E-state index < -0.39 is 28.5 Å². The van der Waals surface area contributed by atoms with Crippen LogP contribution in [0.2, 0.25) is 0 Å². The van der Waals surface area contributed by atoms with Gasteiger partial charge in [0.05, 0.1) is 24.3 Å². The monoisotopic (exact) mass is 581 g/mol. The van der Waals surface area contributed by atoms with Crippen molar-refractivity contribution in [1.82, 2.24) is 10.2 Å². The van der Waals surface area contributed by atoms with E-state index in [2.05, 4.69) is 5.32 Å². The predicted molar refractivity (Wildman–Crippen MR) is 159 cm³/mol. The van der Waals surface area contributed by atoms with Crippen LogP contribution in [0.1, 0.15) is 39.7 Å². The number of nitrogens with one attached hydrogen (secondary N) is 1. The van der Waals surface area contributed by atoms with Gasteiger partial charge >= 0.3 is 0 Å². The Labute approximate surface area is 243 Å². The lowest BCUT2D eigenvalue weighted by Crippen LogP contribution is -2.52. The second-order valence-electron chi connectivity index (χ2n) is 9.62. The minimum absolute atomic E-state index is 0.0450. The highest BCUT2D eigenvalue weighted by Gasteiger charge is 2.32. The van der Waals surface area contributed by atoms with Gasteiger partial charge in [-0.1, -0.05) is 37.3 Å². The first-order chi connectivity index (χ1) is 19.6. The van der Waals surface area contributed by atoms with Gasteiger partial charge in [0, 0.05) is 12.6 Å². The lowest BCUT2D eigenvalue weighted by atomic mass is 10.1. The van der Waals surface area contributed by atoms with Gasteiger partial charge in [-0.25, -0.2) is 8.42 Å². The lowest BCUT2D eigenvalue weighted by molar-refractivity contribution is -0.139. The fraction of sp³-hybridized carbons (Fsp3) is 0.355. The average molecular weight is 582 g/mol. The fourth-order valence-electron chi connectivity index (χ4n) is 4.14. The number of carbonyl (C=O) groups excluding carboxylic acids is 2. The van der Waals surface area contributed by atoms with Crippen LogP contribution >= 0.6 is 0 Å². The Bertz CT molecular complexity index is 1400. The fourth-order valence-corrected chi connectivity index (χ4v) is 5.57. The van der Waals surface area contributed by atoms with Crippen LogP contribution in [-0.2, 0) is 26.2 Å². The van der Waals surface area contributed by atoms with E-state index in [1.165, 1.54) is 17.0 Å². The molecular weight excluding hydrogens is 542 g/mol. The molecule has 0 bridgehead atoms. The number of hydrogen-bond acceptors (Lipinski definition) is 6. The molecule has 0 unspecified atom stereocenters. The molecule has 10 heteroatoms. The van der Waals surface area contributed by atoms with Crippen molar-refractivity contribution in [3.63, 3.8) is 0 Å². The van der Waals surface area contributed by atoms with Crippen LogP contribution in [0, 0.1) is 0 Å². The number of anilines is 1. The van der Waals surface area contributed by atoms with Crippen molar-refractivity contribution in [2.24, 2.45) is 0 Å². The second-order valence-corrected chi connectivity index (χ2v) is 11.5. The van der Waals surface area contributed by atoms with Crippen LogP contribution in [0.25, 0.3) is 0 Å². The summed E-state index contributed by atoms with van der Waals surface area (Å²) < 4.78 is 39.6. The molecule has 1 N–H and O–H groups in total. The van der Waals surface area contributed by atoms with Gasteiger partial charge in [-0.3, -0.25) is 13.9 Å². The molecule has 220 valence electrons. The Hall–Kier alpha value is -4.05. The standard InChI is InChI=1S/C31H39N3O6S/c1-6-23(3)32-31(36)24(4)33(21-25-12-11-13-28(20-25)39-5)30(35)22-34(26-16-18-27(19-17-26)40-7-2)41(37,38)29-14-9-8-10-15-29/h8-20,23-24H,6-7,21-22H2,1-5H3,(H,32,36)/t23-,24-/m0/s1. The summed E-state index contributed by atoms with van der Waals surface area (Å²) in [6.45, 7) is 7.36. The molecule has 0 aliphatic carbocycles. The maximum atomic E-state index is 14.0.